The van der Waals surface area contributed by atoms with Crippen LogP contribution in [0.1, 0.15) is 59.2 Å². The van der Waals surface area contributed by atoms with Gasteiger partial charge in [0, 0.05) is 6.54 Å². The molecule has 0 bridgehead atoms. The van der Waals surface area contributed by atoms with Gasteiger partial charge in [-0.2, -0.15) is 0 Å². The molecule has 1 aromatic heterocycles. The maximum atomic E-state index is 13.5. The summed E-state index contributed by atoms with van der Waals surface area (Å²) in [6.45, 7) is 12.2. The van der Waals surface area contributed by atoms with Crippen molar-refractivity contribution in [1.29, 1.82) is 0 Å². The summed E-state index contributed by atoms with van der Waals surface area (Å²) in [6.07, 6.45) is -1.04. The lowest BCUT2D eigenvalue weighted by Gasteiger charge is -2.21. The van der Waals surface area contributed by atoms with Gasteiger partial charge in [0.1, 0.15) is 29.3 Å². The molecule has 14 heteroatoms. The van der Waals surface area contributed by atoms with Gasteiger partial charge in [0.15, 0.2) is 11.5 Å². The Labute approximate surface area is 219 Å². The monoisotopic (exact) mass is 535 g/mol. The summed E-state index contributed by atoms with van der Waals surface area (Å²) in [5.41, 5.74) is 1.27. The average Bonchev–Trinajstić information content (AvgIpc) is 3.23. The van der Waals surface area contributed by atoms with Crippen molar-refractivity contribution in [3.05, 3.63) is 35.3 Å². The van der Waals surface area contributed by atoms with Gasteiger partial charge in [-0.25, -0.2) is 18.8 Å². The molecule has 1 heterocycles. The molecule has 0 atom stereocenters. The van der Waals surface area contributed by atoms with Gasteiger partial charge in [-0.1, -0.05) is 0 Å². The van der Waals surface area contributed by atoms with Crippen molar-refractivity contribution >= 4 is 35.2 Å². The number of aliphatic imine (C=N–C) groups is 2. The largest absolute Gasteiger partial charge is 0.460 e. The van der Waals surface area contributed by atoms with Crippen LogP contribution < -0.4 is 16.1 Å². The number of nitrogens with one attached hydrogen (secondary N) is 3. The first-order chi connectivity index (χ1) is 17.7. The zero-order valence-electron chi connectivity index (χ0n) is 22.5. The van der Waals surface area contributed by atoms with Gasteiger partial charge in [0.25, 0.3) is 0 Å². The highest BCUT2D eigenvalue weighted by Crippen LogP contribution is 2.19. The van der Waals surface area contributed by atoms with Crippen molar-refractivity contribution in [2.24, 2.45) is 9.98 Å². The standard InChI is InChI=1S/C24H34FN7O6/c1-14-12-15(8-9-16(14)25)28-21(30-35)19-20(32-38-31-19)27-11-10-26-17(13-18(33)36-23(2,3)4)29-22(34)37-24(5,6)7/h8-9,12,35H,10-11,13H2,1-7H3,(H,27,32)(H,28,30)(H,26,29,34). The molecule has 0 aliphatic rings. The Morgan fingerprint density at radius 1 is 1.11 bits per heavy atom. The van der Waals surface area contributed by atoms with Crippen LogP contribution in [0.15, 0.2) is 32.8 Å². The Morgan fingerprint density at radius 3 is 2.39 bits per heavy atom. The smallest absolute Gasteiger partial charge is 0.413 e. The lowest BCUT2D eigenvalue weighted by atomic mass is 10.2. The number of esters is 1. The van der Waals surface area contributed by atoms with E-state index in [1.165, 1.54) is 18.2 Å². The quantitative estimate of drug-likeness (QED) is 0.128. The van der Waals surface area contributed by atoms with Gasteiger partial charge < -0.3 is 14.8 Å². The van der Waals surface area contributed by atoms with Crippen molar-refractivity contribution in [3.8, 4) is 0 Å². The number of anilines is 1. The normalized spacial score (nSPS) is 12.7. The molecular formula is C24H34FN7O6. The number of carbonyl (C=O) groups is 2. The number of benzene rings is 1. The number of hydrogen-bond acceptors (Lipinski definition) is 11. The van der Waals surface area contributed by atoms with E-state index in [1.807, 2.05) is 5.48 Å². The highest BCUT2D eigenvalue weighted by Gasteiger charge is 2.22. The number of aryl methyl sites for hydroxylation is 1. The number of hydroxylamine groups is 1. The molecule has 0 aliphatic heterocycles. The predicted molar refractivity (Wildman–Crippen MR) is 137 cm³/mol. The number of rotatable bonds is 8. The minimum Gasteiger partial charge on any atom is -0.460 e. The number of halogens is 1. The Kier molecular flexibility index (Phi) is 10.3. The van der Waals surface area contributed by atoms with Gasteiger partial charge in [0.2, 0.25) is 5.82 Å². The van der Waals surface area contributed by atoms with Crippen molar-refractivity contribution < 1.29 is 33.3 Å². The Bertz CT molecular complexity index is 1150. The number of carbonyl (C=O) groups excluding carboxylic acids is 2. The van der Waals surface area contributed by atoms with E-state index in [9.17, 15) is 19.2 Å². The second-order valence-corrected chi connectivity index (χ2v) is 10.1. The zero-order valence-corrected chi connectivity index (χ0v) is 22.5. The van der Waals surface area contributed by atoms with E-state index < -0.39 is 23.3 Å². The van der Waals surface area contributed by atoms with Gasteiger partial charge in [-0.3, -0.25) is 25.8 Å². The van der Waals surface area contributed by atoms with Crippen molar-refractivity contribution in [2.75, 3.05) is 18.4 Å². The van der Waals surface area contributed by atoms with Crippen LogP contribution in [0.4, 0.5) is 20.7 Å². The molecule has 38 heavy (non-hydrogen) atoms. The lowest BCUT2D eigenvalue weighted by molar-refractivity contribution is -0.153. The van der Waals surface area contributed by atoms with Crippen LogP contribution >= 0.6 is 0 Å². The maximum Gasteiger partial charge on any atom is 0.413 e. The summed E-state index contributed by atoms with van der Waals surface area (Å²) in [4.78, 5) is 33.0. The number of hydrogen-bond donors (Lipinski definition) is 4. The number of ether oxygens (including phenoxy) is 2. The molecule has 1 amide bonds. The molecule has 0 radical (unpaired) electrons. The van der Waals surface area contributed by atoms with Crippen molar-refractivity contribution in [3.63, 3.8) is 0 Å². The molecule has 0 saturated carbocycles. The number of nitrogens with zero attached hydrogens (tertiary/aromatic N) is 4. The summed E-state index contributed by atoms with van der Waals surface area (Å²) in [5, 5.41) is 22.5. The van der Waals surface area contributed by atoms with E-state index in [1.54, 1.807) is 48.5 Å². The third-order valence-electron chi connectivity index (χ3n) is 4.29. The summed E-state index contributed by atoms with van der Waals surface area (Å²) >= 11 is 0. The van der Waals surface area contributed by atoms with Gasteiger partial charge >= 0.3 is 12.1 Å². The molecular weight excluding hydrogens is 501 g/mol. The molecule has 0 fully saturated rings. The van der Waals surface area contributed by atoms with Crippen LogP contribution in [-0.2, 0) is 14.3 Å². The van der Waals surface area contributed by atoms with Crippen LogP contribution in [0.2, 0.25) is 0 Å². The molecule has 2 aromatic rings. The van der Waals surface area contributed by atoms with Crippen LogP contribution in [0, 0.1) is 12.7 Å². The fraction of sp³-hybridized carbons (Fsp3) is 0.500. The summed E-state index contributed by atoms with van der Waals surface area (Å²) in [5.74, 6) is -0.872. The molecule has 2 rings (SSSR count). The average molecular weight is 536 g/mol. The molecule has 0 unspecified atom stereocenters. The van der Waals surface area contributed by atoms with Gasteiger partial charge in [-0.05, 0) is 82.5 Å². The molecule has 208 valence electrons. The first-order valence-corrected chi connectivity index (χ1v) is 11.7. The Balaban J connectivity index is 2.11. The predicted octanol–water partition coefficient (Wildman–Crippen LogP) is 3.64. The zero-order chi connectivity index (χ0) is 28.5. The molecule has 0 saturated heterocycles. The maximum absolute atomic E-state index is 13.5. The van der Waals surface area contributed by atoms with Crippen LogP contribution in [0.5, 0.6) is 0 Å². The van der Waals surface area contributed by atoms with Crippen LogP contribution in [0.3, 0.4) is 0 Å². The molecule has 1 aromatic carbocycles. The van der Waals surface area contributed by atoms with Crippen molar-refractivity contribution in [2.45, 2.75) is 66.1 Å². The van der Waals surface area contributed by atoms with Crippen molar-refractivity contribution in [1.82, 2.24) is 21.1 Å². The highest BCUT2D eigenvalue weighted by molar-refractivity contribution is 6.04. The number of aromatic nitrogens is 2. The van der Waals surface area contributed by atoms with Gasteiger partial charge in [0.05, 0.1) is 12.2 Å². The third kappa shape index (κ3) is 10.5. The van der Waals surface area contributed by atoms with E-state index in [0.29, 0.717) is 11.3 Å². The minimum atomic E-state index is -0.762. The SMILES string of the molecule is Cc1cc(N=C(NO)c2nonc2NCCN=C(CC(=O)OC(C)(C)C)NC(=O)OC(C)(C)C)ccc1F. The van der Waals surface area contributed by atoms with E-state index in [0.717, 1.165) is 0 Å². The first kappa shape index (κ1) is 30.2. The Morgan fingerprint density at radius 2 is 1.79 bits per heavy atom. The second kappa shape index (κ2) is 12.9. The van der Waals surface area contributed by atoms with E-state index in [4.69, 9.17) is 14.1 Å². The van der Waals surface area contributed by atoms with E-state index in [2.05, 4.69) is 30.9 Å². The molecule has 0 spiro atoms. The molecule has 13 nitrogen and oxygen atoms in total. The summed E-state index contributed by atoms with van der Waals surface area (Å²) in [6, 6.07) is 4.17. The molecule has 4 N–H and O–H groups in total. The summed E-state index contributed by atoms with van der Waals surface area (Å²) in [7, 11) is 0. The fourth-order valence-electron chi connectivity index (χ4n) is 2.86. The topological polar surface area (TPSA) is 173 Å². The number of amides is 1. The Hall–Kier alpha value is -4.07. The van der Waals surface area contributed by atoms with E-state index >= 15 is 0 Å². The number of alkyl carbamates (subject to hydrolysis) is 1. The third-order valence-corrected chi connectivity index (χ3v) is 4.29. The fourth-order valence-corrected chi connectivity index (χ4v) is 2.86. The first-order valence-electron chi connectivity index (χ1n) is 11.7. The lowest BCUT2D eigenvalue weighted by Crippen LogP contribution is -2.38. The van der Waals surface area contributed by atoms with E-state index in [-0.39, 0.29) is 48.5 Å². The summed E-state index contributed by atoms with van der Waals surface area (Å²) < 4.78 is 28.9. The minimum absolute atomic E-state index is 0.0549. The van der Waals surface area contributed by atoms with Crippen LogP contribution in [0.25, 0.3) is 0 Å². The highest BCUT2D eigenvalue weighted by atomic mass is 19.1. The van der Waals surface area contributed by atoms with Crippen LogP contribution in [-0.4, -0.2) is 63.5 Å². The van der Waals surface area contributed by atoms with Gasteiger partial charge in [-0.15, -0.1) is 0 Å². The number of amidine groups is 2. The molecule has 0 aliphatic carbocycles. The second-order valence-electron chi connectivity index (χ2n) is 10.1.